The fourth-order valence-corrected chi connectivity index (χ4v) is 2.33. The van der Waals surface area contributed by atoms with Crippen molar-refractivity contribution in [2.75, 3.05) is 19.8 Å². The first kappa shape index (κ1) is 16.0. The topological polar surface area (TPSA) is 60.7 Å². The first-order chi connectivity index (χ1) is 9.91. The summed E-state index contributed by atoms with van der Waals surface area (Å²) in [5.41, 5.74) is -0.159. The standard InChI is InChI=1S/C16H25NO4/c1-5-11-6-7-12(21-11)14(16(2,3)4)17-15(18)13-10-19-8-9-20-13/h6-7,13-14H,5,8-10H2,1-4H3,(H,17,18)/t13-,14+/m0/s1. The minimum Gasteiger partial charge on any atom is -0.464 e. The molecule has 0 aliphatic carbocycles. The number of amides is 1. The van der Waals surface area contributed by atoms with Gasteiger partial charge in [-0.25, -0.2) is 0 Å². The van der Waals surface area contributed by atoms with Crippen LogP contribution in [0, 0.1) is 5.41 Å². The van der Waals surface area contributed by atoms with Crippen molar-refractivity contribution in [1.29, 1.82) is 0 Å². The van der Waals surface area contributed by atoms with E-state index in [1.54, 1.807) is 0 Å². The number of rotatable bonds is 4. The summed E-state index contributed by atoms with van der Waals surface area (Å²) in [6.07, 6.45) is 0.300. The van der Waals surface area contributed by atoms with Gasteiger partial charge in [0.15, 0.2) is 6.10 Å². The molecule has 1 aromatic rings. The van der Waals surface area contributed by atoms with Crippen molar-refractivity contribution < 1.29 is 18.7 Å². The van der Waals surface area contributed by atoms with Crippen LogP contribution in [0.1, 0.15) is 45.3 Å². The van der Waals surface area contributed by atoms with Gasteiger partial charge >= 0.3 is 0 Å². The van der Waals surface area contributed by atoms with E-state index in [2.05, 4.69) is 26.1 Å². The van der Waals surface area contributed by atoms with E-state index >= 15 is 0 Å². The maximum atomic E-state index is 12.3. The molecule has 0 bridgehead atoms. The number of nitrogens with one attached hydrogen (secondary N) is 1. The zero-order valence-corrected chi connectivity index (χ0v) is 13.3. The number of aryl methyl sites for hydroxylation is 1. The molecule has 118 valence electrons. The molecule has 1 saturated heterocycles. The van der Waals surface area contributed by atoms with Gasteiger partial charge < -0.3 is 19.2 Å². The van der Waals surface area contributed by atoms with Crippen molar-refractivity contribution in [2.45, 2.75) is 46.3 Å². The molecule has 1 amide bonds. The first-order valence-corrected chi connectivity index (χ1v) is 7.50. The van der Waals surface area contributed by atoms with Crippen molar-refractivity contribution in [3.8, 4) is 0 Å². The highest BCUT2D eigenvalue weighted by Crippen LogP contribution is 2.34. The Labute approximate surface area is 126 Å². The Kier molecular flexibility index (Phi) is 5.06. The van der Waals surface area contributed by atoms with Crippen LogP contribution in [-0.2, 0) is 20.7 Å². The van der Waals surface area contributed by atoms with Gasteiger partial charge in [0.05, 0.1) is 25.9 Å². The molecule has 1 N–H and O–H groups in total. The molecule has 0 radical (unpaired) electrons. The molecular formula is C16H25NO4. The van der Waals surface area contributed by atoms with Crippen molar-refractivity contribution in [3.63, 3.8) is 0 Å². The van der Waals surface area contributed by atoms with E-state index in [1.165, 1.54) is 0 Å². The fourth-order valence-electron chi connectivity index (χ4n) is 2.33. The zero-order chi connectivity index (χ0) is 15.5. The summed E-state index contributed by atoms with van der Waals surface area (Å²) in [6.45, 7) is 9.57. The quantitative estimate of drug-likeness (QED) is 0.927. The Balaban J connectivity index is 2.11. The number of hydrogen-bond donors (Lipinski definition) is 1. The molecule has 1 aliphatic rings. The van der Waals surface area contributed by atoms with E-state index in [0.717, 1.165) is 17.9 Å². The van der Waals surface area contributed by atoms with Gasteiger partial charge in [0.2, 0.25) is 0 Å². The van der Waals surface area contributed by atoms with E-state index in [9.17, 15) is 4.79 Å². The highest BCUT2D eigenvalue weighted by Gasteiger charge is 2.33. The van der Waals surface area contributed by atoms with Crippen LogP contribution in [-0.4, -0.2) is 31.8 Å². The predicted molar refractivity (Wildman–Crippen MR) is 79.0 cm³/mol. The highest BCUT2D eigenvalue weighted by molar-refractivity contribution is 5.81. The first-order valence-electron chi connectivity index (χ1n) is 7.50. The lowest BCUT2D eigenvalue weighted by Crippen LogP contribution is -2.46. The molecule has 1 aliphatic heterocycles. The largest absolute Gasteiger partial charge is 0.464 e. The second-order valence-corrected chi connectivity index (χ2v) is 6.40. The number of furan rings is 1. The van der Waals surface area contributed by atoms with E-state index in [1.807, 2.05) is 19.1 Å². The Morgan fingerprint density at radius 1 is 1.38 bits per heavy atom. The summed E-state index contributed by atoms with van der Waals surface area (Å²) in [5, 5.41) is 3.04. The summed E-state index contributed by atoms with van der Waals surface area (Å²) in [6, 6.07) is 3.70. The van der Waals surface area contributed by atoms with Crippen LogP contribution < -0.4 is 5.32 Å². The second-order valence-electron chi connectivity index (χ2n) is 6.40. The van der Waals surface area contributed by atoms with Crippen LogP contribution in [0.5, 0.6) is 0 Å². The summed E-state index contributed by atoms with van der Waals surface area (Å²) in [7, 11) is 0. The van der Waals surface area contributed by atoms with Crippen LogP contribution in [0.25, 0.3) is 0 Å². The molecule has 0 unspecified atom stereocenters. The molecular weight excluding hydrogens is 270 g/mol. The molecule has 5 heteroatoms. The average Bonchev–Trinajstić information content (AvgIpc) is 2.92. The SMILES string of the molecule is CCc1ccc([C@@H](NC(=O)[C@@H]2COCCO2)C(C)(C)C)o1. The minimum absolute atomic E-state index is 0.149. The van der Waals surface area contributed by atoms with Crippen molar-refractivity contribution in [3.05, 3.63) is 23.7 Å². The zero-order valence-electron chi connectivity index (χ0n) is 13.3. The summed E-state index contributed by atoms with van der Waals surface area (Å²) in [4.78, 5) is 12.3. The highest BCUT2D eigenvalue weighted by atomic mass is 16.6. The summed E-state index contributed by atoms with van der Waals surface area (Å²) >= 11 is 0. The van der Waals surface area contributed by atoms with Crippen LogP contribution >= 0.6 is 0 Å². The number of ether oxygens (including phenoxy) is 2. The van der Waals surface area contributed by atoms with Gasteiger partial charge in [-0.05, 0) is 17.5 Å². The van der Waals surface area contributed by atoms with Crippen molar-refractivity contribution >= 4 is 5.91 Å². The Bertz CT molecular complexity index is 469. The molecule has 1 fully saturated rings. The van der Waals surface area contributed by atoms with Gasteiger partial charge in [0.1, 0.15) is 11.5 Å². The fraction of sp³-hybridized carbons (Fsp3) is 0.688. The molecule has 0 saturated carbocycles. The third-order valence-electron chi connectivity index (χ3n) is 3.58. The van der Waals surface area contributed by atoms with Crippen molar-refractivity contribution in [2.24, 2.45) is 5.41 Å². The lowest BCUT2D eigenvalue weighted by atomic mass is 9.85. The van der Waals surface area contributed by atoms with E-state index in [-0.39, 0.29) is 17.4 Å². The molecule has 21 heavy (non-hydrogen) atoms. The van der Waals surface area contributed by atoms with E-state index in [4.69, 9.17) is 13.9 Å². The van der Waals surface area contributed by atoms with Gasteiger partial charge in [-0.1, -0.05) is 27.7 Å². The third kappa shape index (κ3) is 4.08. The number of hydrogen-bond acceptors (Lipinski definition) is 4. The lowest BCUT2D eigenvalue weighted by molar-refractivity contribution is -0.149. The molecule has 2 atom stereocenters. The normalized spacial score (nSPS) is 21.0. The number of carbonyl (C=O) groups is 1. The molecule has 5 nitrogen and oxygen atoms in total. The molecule has 2 rings (SSSR count). The maximum Gasteiger partial charge on any atom is 0.252 e. The average molecular weight is 295 g/mol. The maximum absolute atomic E-state index is 12.3. The van der Waals surface area contributed by atoms with Gasteiger partial charge in [-0.3, -0.25) is 4.79 Å². The van der Waals surface area contributed by atoms with Gasteiger partial charge in [0, 0.05) is 6.42 Å². The Morgan fingerprint density at radius 3 is 2.67 bits per heavy atom. The Hall–Kier alpha value is -1.33. The van der Waals surface area contributed by atoms with Gasteiger partial charge in [-0.2, -0.15) is 0 Å². The monoisotopic (exact) mass is 295 g/mol. The van der Waals surface area contributed by atoms with E-state index in [0.29, 0.717) is 19.8 Å². The molecule has 2 heterocycles. The van der Waals surface area contributed by atoms with E-state index < -0.39 is 6.10 Å². The molecule has 0 spiro atoms. The van der Waals surface area contributed by atoms with Crippen LogP contribution in [0.3, 0.4) is 0 Å². The van der Waals surface area contributed by atoms with Gasteiger partial charge in [0.25, 0.3) is 5.91 Å². The molecule has 1 aromatic heterocycles. The summed E-state index contributed by atoms with van der Waals surface area (Å²) < 4.78 is 16.6. The predicted octanol–water partition coefficient (Wildman–Crippen LogP) is 2.46. The lowest BCUT2D eigenvalue weighted by Gasteiger charge is -2.32. The second kappa shape index (κ2) is 6.62. The summed E-state index contributed by atoms with van der Waals surface area (Å²) in [5.74, 6) is 1.55. The van der Waals surface area contributed by atoms with Crippen molar-refractivity contribution in [1.82, 2.24) is 5.32 Å². The van der Waals surface area contributed by atoms with Crippen LogP contribution in [0.2, 0.25) is 0 Å². The third-order valence-corrected chi connectivity index (χ3v) is 3.58. The van der Waals surface area contributed by atoms with Crippen LogP contribution in [0.15, 0.2) is 16.5 Å². The smallest absolute Gasteiger partial charge is 0.252 e. The Morgan fingerprint density at radius 2 is 2.14 bits per heavy atom. The molecule has 0 aromatic carbocycles. The van der Waals surface area contributed by atoms with Crippen LogP contribution in [0.4, 0.5) is 0 Å². The minimum atomic E-state index is -0.538. The number of carbonyl (C=O) groups excluding carboxylic acids is 1. The van der Waals surface area contributed by atoms with Gasteiger partial charge in [-0.15, -0.1) is 0 Å².